The Morgan fingerprint density at radius 3 is 2.61 bits per heavy atom. The van der Waals surface area contributed by atoms with Crippen LogP contribution in [0, 0.1) is 12.8 Å². The molecule has 1 amide bonds. The number of rotatable bonds is 6. The van der Waals surface area contributed by atoms with Gasteiger partial charge in [0.05, 0.1) is 6.20 Å². The van der Waals surface area contributed by atoms with Crippen molar-refractivity contribution in [3.05, 3.63) is 17.8 Å². The fourth-order valence-electron chi connectivity index (χ4n) is 1.56. The molecule has 0 aliphatic rings. The van der Waals surface area contributed by atoms with Gasteiger partial charge < -0.3 is 14.8 Å². The highest BCUT2D eigenvalue weighted by molar-refractivity contribution is 5.84. The number of amides is 1. The van der Waals surface area contributed by atoms with Gasteiger partial charge in [-0.05, 0) is 19.3 Å². The SMILES string of the molecule is Cc1cnc(CC(=O)N[C@H](CC(C)C)C(=O)O)o1. The van der Waals surface area contributed by atoms with E-state index in [2.05, 4.69) is 10.3 Å². The number of nitrogens with one attached hydrogen (secondary N) is 1. The Bertz CT molecular complexity index is 425. The van der Waals surface area contributed by atoms with E-state index in [4.69, 9.17) is 9.52 Å². The third-order valence-corrected chi connectivity index (χ3v) is 2.32. The maximum absolute atomic E-state index is 11.6. The van der Waals surface area contributed by atoms with E-state index in [1.165, 1.54) is 6.20 Å². The molecule has 0 saturated carbocycles. The van der Waals surface area contributed by atoms with Crippen LogP contribution in [-0.4, -0.2) is 28.0 Å². The number of carbonyl (C=O) groups is 2. The summed E-state index contributed by atoms with van der Waals surface area (Å²) in [6.45, 7) is 5.53. The Morgan fingerprint density at radius 1 is 1.50 bits per heavy atom. The summed E-state index contributed by atoms with van der Waals surface area (Å²) < 4.78 is 5.16. The molecular weight excluding hydrogens is 236 g/mol. The average molecular weight is 254 g/mol. The van der Waals surface area contributed by atoms with Crippen molar-refractivity contribution in [1.82, 2.24) is 10.3 Å². The van der Waals surface area contributed by atoms with E-state index < -0.39 is 17.9 Å². The summed E-state index contributed by atoms with van der Waals surface area (Å²) in [5.74, 6) is -0.325. The number of carboxylic acids is 1. The van der Waals surface area contributed by atoms with Gasteiger partial charge in [0.25, 0.3) is 0 Å². The zero-order valence-electron chi connectivity index (χ0n) is 10.8. The third-order valence-electron chi connectivity index (χ3n) is 2.32. The Labute approximate surface area is 105 Å². The van der Waals surface area contributed by atoms with Gasteiger partial charge in [0.1, 0.15) is 18.2 Å². The number of carbonyl (C=O) groups excluding carboxylic acids is 1. The van der Waals surface area contributed by atoms with E-state index in [1.807, 2.05) is 13.8 Å². The van der Waals surface area contributed by atoms with Crippen molar-refractivity contribution in [2.45, 2.75) is 39.7 Å². The van der Waals surface area contributed by atoms with Crippen molar-refractivity contribution in [2.24, 2.45) is 5.92 Å². The second-order valence-corrected chi connectivity index (χ2v) is 4.63. The molecule has 6 heteroatoms. The number of hydrogen-bond donors (Lipinski definition) is 2. The Balaban J connectivity index is 2.53. The molecule has 0 aliphatic heterocycles. The summed E-state index contributed by atoms with van der Waals surface area (Å²) >= 11 is 0. The molecule has 1 rings (SSSR count). The van der Waals surface area contributed by atoms with Crippen LogP contribution < -0.4 is 5.32 Å². The topological polar surface area (TPSA) is 92.4 Å². The molecule has 0 radical (unpaired) electrons. The quantitative estimate of drug-likeness (QED) is 0.794. The maximum atomic E-state index is 11.6. The predicted octanol–water partition coefficient (Wildman–Crippen LogP) is 1.14. The van der Waals surface area contributed by atoms with E-state index in [0.29, 0.717) is 18.1 Å². The second-order valence-electron chi connectivity index (χ2n) is 4.63. The smallest absolute Gasteiger partial charge is 0.326 e. The highest BCUT2D eigenvalue weighted by Gasteiger charge is 2.21. The molecule has 0 saturated heterocycles. The monoisotopic (exact) mass is 254 g/mol. The zero-order chi connectivity index (χ0) is 13.7. The van der Waals surface area contributed by atoms with E-state index in [1.54, 1.807) is 6.92 Å². The predicted molar refractivity (Wildman–Crippen MR) is 64.0 cm³/mol. The van der Waals surface area contributed by atoms with E-state index in [0.717, 1.165) is 0 Å². The van der Waals surface area contributed by atoms with Crippen LogP contribution in [0.3, 0.4) is 0 Å². The molecule has 100 valence electrons. The molecule has 6 nitrogen and oxygen atoms in total. The standard InChI is InChI=1S/C12H18N2O4/c1-7(2)4-9(12(16)17)14-10(15)5-11-13-6-8(3)18-11/h6-7,9H,4-5H2,1-3H3,(H,14,15)(H,16,17)/t9-/m1/s1. The minimum absolute atomic E-state index is 0.0459. The summed E-state index contributed by atoms with van der Waals surface area (Å²) in [5.41, 5.74) is 0. The van der Waals surface area contributed by atoms with E-state index in [9.17, 15) is 9.59 Å². The highest BCUT2D eigenvalue weighted by Crippen LogP contribution is 2.06. The number of aryl methyl sites for hydroxylation is 1. The first-order chi connectivity index (χ1) is 8.38. The fourth-order valence-corrected chi connectivity index (χ4v) is 1.56. The van der Waals surface area contributed by atoms with Gasteiger partial charge in [0.15, 0.2) is 0 Å². The molecule has 0 unspecified atom stereocenters. The van der Waals surface area contributed by atoms with Crippen molar-refractivity contribution in [3.8, 4) is 0 Å². The largest absolute Gasteiger partial charge is 0.480 e. The Kier molecular flexibility index (Phi) is 4.88. The Hall–Kier alpha value is -1.85. The molecule has 0 bridgehead atoms. The van der Waals surface area contributed by atoms with Crippen LogP contribution in [0.1, 0.15) is 31.9 Å². The van der Waals surface area contributed by atoms with Gasteiger partial charge in [-0.1, -0.05) is 13.8 Å². The van der Waals surface area contributed by atoms with Crippen molar-refractivity contribution in [1.29, 1.82) is 0 Å². The lowest BCUT2D eigenvalue weighted by molar-refractivity contribution is -0.142. The van der Waals surface area contributed by atoms with Crippen molar-refractivity contribution >= 4 is 11.9 Å². The number of carboxylic acid groups (broad SMARTS) is 1. The lowest BCUT2D eigenvalue weighted by atomic mass is 10.0. The molecule has 0 fully saturated rings. The summed E-state index contributed by atoms with van der Waals surface area (Å²) in [5, 5.41) is 11.5. The number of aliphatic carboxylic acids is 1. The molecular formula is C12H18N2O4. The van der Waals surface area contributed by atoms with Gasteiger partial charge in [-0.15, -0.1) is 0 Å². The van der Waals surface area contributed by atoms with Crippen LogP contribution in [0.5, 0.6) is 0 Å². The summed E-state index contributed by atoms with van der Waals surface area (Å²) in [7, 11) is 0. The van der Waals surface area contributed by atoms with Gasteiger partial charge >= 0.3 is 5.97 Å². The summed E-state index contributed by atoms with van der Waals surface area (Å²) in [4.78, 5) is 26.5. The number of aromatic nitrogens is 1. The first kappa shape index (κ1) is 14.2. The number of oxazole rings is 1. The normalized spacial score (nSPS) is 12.4. The molecule has 1 aromatic rings. The molecule has 0 spiro atoms. The van der Waals surface area contributed by atoms with Crippen LogP contribution in [0.2, 0.25) is 0 Å². The molecule has 0 aromatic carbocycles. The van der Waals surface area contributed by atoms with E-state index in [-0.39, 0.29) is 12.3 Å². The van der Waals surface area contributed by atoms with Gasteiger partial charge in [0, 0.05) is 0 Å². The highest BCUT2D eigenvalue weighted by atomic mass is 16.4. The van der Waals surface area contributed by atoms with Crippen LogP contribution in [0.4, 0.5) is 0 Å². The lowest BCUT2D eigenvalue weighted by Gasteiger charge is -2.15. The van der Waals surface area contributed by atoms with E-state index >= 15 is 0 Å². The first-order valence-electron chi connectivity index (χ1n) is 5.82. The molecule has 1 atom stereocenters. The zero-order valence-corrected chi connectivity index (χ0v) is 10.8. The van der Waals surface area contributed by atoms with Crippen LogP contribution in [0.25, 0.3) is 0 Å². The van der Waals surface area contributed by atoms with Crippen LogP contribution in [-0.2, 0) is 16.0 Å². The van der Waals surface area contributed by atoms with Gasteiger partial charge in [-0.25, -0.2) is 9.78 Å². The minimum Gasteiger partial charge on any atom is -0.480 e. The number of nitrogens with zero attached hydrogens (tertiary/aromatic N) is 1. The lowest BCUT2D eigenvalue weighted by Crippen LogP contribution is -2.42. The van der Waals surface area contributed by atoms with Gasteiger partial charge in [-0.3, -0.25) is 4.79 Å². The summed E-state index contributed by atoms with van der Waals surface area (Å²) in [6.07, 6.45) is 1.87. The molecule has 0 aliphatic carbocycles. The third kappa shape index (κ3) is 4.57. The fraction of sp³-hybridized carbons (Fsp3) is 0.583. The Morgan fingerprint density at radius 2 is 2.17 bits per heavy atom. The minimum atomic E-state index is -1.03. The molecule has 1 heterocycles. The van der Waals surface area contributed by atoms with Crippen molar-refractivity contribution in [3.63, 3.8) is 0 Å². The second kappa shape index (κ2) is 6.18. The average Bonchev–Trinajstić information content (AvgIpc) is 2.62. The van der Waals surface area contributed by atoms with Crippen LogP contribution >= 0.6 is 0 Å². The van der Waals surface area contributed by atoms with Crippen LogP contribution in [0.15, 0.2) is 10.6 Å². The first-order valence-corrected chi connectivity index (χ1v) is 5.82. The van der Waals surface area contributed by atoms with Gasteiger partial charge in [-0.2, -0.15) is 0 Å². The molecule has 1 aromatic heterocycles. The summed E-state index contributed by atoms with van der Waals surface area (Å²) in [6, 6.07) is -0.867. The molecule has 2 N–H and O–H groups in total. The number of hydrogen-bond acceptors (Lipinski definition) is 4. The van der Waals surface area contributed by atoms with Gasteiger partial charge in [0.2, 0.25) is 11.8 Å². The molecule has 18 heavy (non-hydrogen) atoms. The van der Waals surface area contributed by atoms with Crippen molar-refractivity contribution < 1.29 is 19.1 Å². The maximum Gasteiger partial charge on any atom is 0.326 e. The van der Waals surface area contributed by atoms with Crippen molar-refractivity contribution in [2.75, 3.05) is 0 Å².